The first-order valence-electron chi connectivity index (χ1n) is 9.14. The van der Waals surface area contributed by atoms with Crippen LogP contribution in [0.15, 0.2) is 53.5 Å². The molecule has 0 aliphatic heterocycles. The Labute approximate surface area is 160 Å². The van der Waals surface area contributed by atoms with Crippen molar-refractivity contribution < 1.29 is 9.18 Å². The predicted molar refractivity (Wildman–Crippen MR) is 107 cm³/mol. The minimum atomic E-state index is -0.238. The molecule has 0 heterocycles. The van der Waals surface area contributed by atoms with Crippen molar-refractivity contribution in [3.05, 3.63) is 71.0 Å². The van der Waals surface area contributed by atoms with Gasteiger partial charge in [-0.05, 0) is 49.2 Å². The van der Waals surface area contributed by atoms with Gasteiger partial charge in [0.15, 0.2) is 5.96 Å². The van der Waals surface area contributed by atoms with E-state index in [1.165, 1.54) is 12.1 Å². The van der Waals surface area contributed by atoms with Gasteiger partial charge >= 0.3 is 0 Å². The van der Waals surface area contributed by atoms with Crippen molar-refractivity contribution in [2.75, 3.05) is 20.1 Å². The number of amides is 1. The van der Waals surface area contributed by atoms with E-state index >= 15 is 0 Å². The first-order valence-corrected chi connectivity index (χ1v) is 9.14. The molecule has 2 N–H and O–H groups in total. The van der Waals surface area contributed by atoms with Crippen LogP contribution in [0, 0.1) is 5.82 Å². The molecule has 0 saturated heterocycles. The van der Waals surface area contributed by atoms with Crippen molar-refractivity contribution >= 4 is 11.9 Å². The summed E-state index contributed by atoms with van der Waals surface area (Å²) in [5.41, 5.74) is 2.68. The molecule has 0 spiro atoms. The van der Waals surface area contributed by atoms with Crippen molar-refractivity contribution in [1.82, 2.24) is 15.5 Å². The number of halogens is 1. The molecule has 0 bridgehead atoms. The van der Waals surface area contributed by atoms with Gasteiger partial charge in [-0.15, -0.1) is 0 Å². The number of guanidine groups is 1. The average molecular weight is 370 g/mol. The largest absolute Gasteiger partial charge is 0.357 e. The van der Waals surface area contributed by atoms with E-state index in [0.717, 1.165) is 23.6 Å². The number of hydrogen-bond donors (Lipinski definition) is 2. The van der Waals surface area contributed by atoms with Crippen LogP contribution < -0.4 is 10.6 Å². The van der Waals surface area contributed by atoms with Crippen LogP contribution in [-0.4, -0.2) is 36.9 Å². The van der Waals surface area contributed by atoms with E-state index in [1.54, 1.807) is 12.1 Å². The predicted octanol–water partition coefficient (Wildman–Crippen LogP) is 3.17. The van der Waals surface area contributed by atoms with Crippen molar-refractivity contribution in [2.45, 2.75) is 26.9 Å². The van der Waals surface area contributed by atoms with E-state index in [9.17, 15) is 9.18 Å². The monoisotopic (exact) mass is 370 g/mol. The molecule has 0 radical (unpaired) electrons. The molecule has 2 rings (SSSR count). The van der Waals surface area contributed by atoms with E-state index in [1.807, 2.05) is 50.1 Å². The highest BCUT2D eigenvalue weighted by atomic mass is 19.1. The van der Waals surface area contributed by atoms with Gasteiger partial charge in [0, 0.05) is 32.2 Å². The van der Waals surface area contributed by atoms with Gasteiger partial charge < -0.3 is 15.5 Å². The second-order valence-corrected chi connectivity index (χ2v) is 6.21. The maximum atomic E-state index is 13.1. The molecule has 0 saturated carbocycles. The fourth-order valence-electron chi connectivity index (χ4n) is 2.60. The van der Waals surface area contributed by atoms with Crippen LogP contribution in [0.3, 0.4) is 0 Å². The van der Waals surface area contributed by atoms with Gasteiger partial charge in [0.1, 0.15) is 5.82 Å². The maximum Gasteiger partial charge on any atom is 0.251 e. The first-order chi connectivity index (χ1) is 13.0. The summed E-state index contributed by atoms with van der Waals surface area (Å²) in [6, 6.07) is 13.9. The van der Waals surface area contributed by atoms with Gasteiger partial charge in [-0.1, -0.05) is 24.3 Å². The van der Waals surface area contributed by atoms with E-state index in [-0.39, 0.29) is 11.7 Å². The minimum Gasteiger partial charge on any atom is -0.357 e. The molecule has 144 valence electrons. The number of aliphatic imine (C=N–C) groups is 1. The number of rotatable bonds is 7. The van der Waals surface area contributed by atoms with Gasteiger partial charge in [-0.3, -0.25) is 4.79 Å². The lowest BCUT2D eigenvalue weighted by molar-refractivity contribution is 0.0956. The number of nitrogens with zero attached hydrogens (tertiary/aromatic N) is 2. The molecule has 0 unspecified atom stereocenters. The zero-order valence-electron chi connectivity index (χ0n) is 16.1. The zero-order chi connectivity index (χ0) is 19.6. The third-order valence-corrected chi connectivity index (χ3v) is 3.99. The average Bonchev–Trinajstić information content (AvgIpc) is 2.67. The van der Waals surface area contributed by atoms with Crippen LogP contribution in [0.2, 0.25) is 0 Å². The number of nitrogens with one attached hydrogen (secondary N) is 2. The summed E-state index contributed by atoms with van der Waals surface area (Å²) in [6.45, 7) is 6.40. The Morgan fingerprint density at radius 2 is 1.56 bits per heavy atom. The second kappa shape index (κ2) is 10.3. The topological polar surface area (TPSA) is 56.7 Å². The van der Waals surface area contributed by atoms with Gasteiger partial charge in [-0.25, -0.2) is 9.38 Å². The van der Waals surface area contributed by atoms with Gasteiger partial charge in [0.05, 0.1) is 6.54 Å². The molecular weight excluding hydrogens is 343 g/mol. The van der Waals surface area contributed by atoms with Gasteiger partial charge in [0.25, 0.3) is 5.91 Å². The third-order valence-electron chi connectivity index (χ3n) is 3.99. The van der Waals surface area contributed by atoms with Gasteiger partial charge in [0.2, 0.25) is 0 Å². The molecule has 5 nitrogen and oxygen atoms in total. The van der Waals surface area contributed by atoms with Crippen molar-refractivity contribution in [2.24, 2.45) is 4.99 Å². The summed E-state index contributed by atoms with van der Waals surface area (Å²) < 4.78 is 13.1. The molecule has 0 fully saturated rings. The minimum absolute atomic E-state index is 0.0695. The van der Waals surface area contributed by atoms with E-state index in [4.69, 9.17) is 0 Å². The molecule has 0 aliphatic carbocycles. The lowest BCUT2D eigenvalue weighted by Gasteiger charge is -2.22. The molecule has 0 aliphatic rings. The van der Waals surface area contributed by atoms with Crippen LogP contribution in [0.25, 0.3) is 0 Å². The number of carbonyl (C=O) groups is 1. The zero-order valence-corrected chi connectivity index (χ0v) is 16.1. The van der Waals surface area contributed by atoms with Crippen LogP contribution in [0.5, 0.6) is 0 Å². The Hall–Kier alpha value is -2.89. The van der Waals surface area contributed by atoms with Crippen molar-refractivity contribution in [1.29, 1.82) is 0 Å². The smallest absolute Gasteiger partial charge is 0.251 e. The Bertz CT molecular complexity index is 757. The molecular formula is C21H27FN4O. The fraction of sp³-hybridized carbons (Fsp3) is 0.333. The normalized spacial score (nSPS) is 11.2. The molecule has 0 atom stereocenters. The van der Waals surface area contributed by atoms with Crippen molar-refractivity contribution in [3.8, 4) is 0 Å². The summed E-state index contributed by atoms with van der Waals surface area (Å²) in [5.74, 6) is 0.465. The molecule has 2 aromatic carbocycles. The Kier molecular flexibility index (Phi) is 7.79. The SMILES string of the molecule is CCNC(=O)c1ccc(CN=C(NCC)N(C)Cc2ccc(F)cc2)cc1. The van der Waals surface area contributed by atoms with E-state index in [2.05, 4.69) is 15.6 Å². The maximum absolute atomic E-state index is 13.1. The lowest BCUT2D eigenvalue weighted by atomic mass is 10.1. The van der Waals surface area contributed by atoms with E-state index < -0.39 is 0 Å². The highest BCUT2D eigenvalue weighted by Gasteiger charge is 2.07. The fourth-order valence-corrected chi connectivity index (χ4v) is 2.60. The lowest BCUT2D eigenvalue weighted by Crippen LogP contribution is -2.38. The molecule has 1 amide bonds. The molecule has 27 heavy (non-hydrogen) atoms. The quantitative estimate of drug-likeness (QED) is 0.581. The Morgan fingerprint density at radius 1 is 0.963 bits per heavy atom. The third kappa shape index (κ3) is 6.40. The second-order valence-electron chi connectivity index (χ2n) is 6.21. The molecule has 6 heteroatoms. The standard InChI is InChI=1S/C21H27FN4O/c1-4-23-20(27)18-10-6-16(7-11-18)14-25-21(24-5-2)26(3)15-17-8-12-19(22)13-9-17/h6-13H,4-5,14-15H2,1-3H3,(H,23,27)(H,24,25). The van der Waals surface area contributed by atoms with Crippen LogP contribution in [0.4, 0.5) is 4.39 Å². The van der Waals surface area contributed by atoms with E-state index in [0.29, 0.717) is 25.2 Å². The highest BCUT2D eigenvalue weighted by Crippen LogP contribution is 2.08. The van der Waals surface area contributed by atoms with Crippen LogP contribution in [0.1, 0.15) is 35.3 Å². The number of hydrogen-bond acceptors (Lipinski definition) is 2. The molecule has 2 aromatic rings. The summed E-state index contributed by atoms with van der Waals surface area (Å²) in [6.07, 6.45) is 0. The summed E-state index contributed by atoms with van der Waals surface area (Å²) in [4.78, 5) is 18.5. The van der Waals surface area contributed by atoms with Crippen molar-refractivity contribution in [3.63, 3.8) is 0 Å². The first kappa shape index (κ1) is 20.4. The Morgan fingerprint density at radius 3 is 2.15 bits per heavy atom. The summed E-state index contributed by atoms with van der Waals surface area (Å²) >= 11 is 0. The van der Waals surface area contributed by atoms with Gasteiger partial charge in [-0.2, -0.15) is 0 Å². The molecule has 0 aromatic heterocycles. The number of benzene rings is 2. The van der Waals surface area contributed by atoms with Crippen LogP contribution in [-0.2, 0) is 13.1 Å². The summed E-state index contributed by atoms with van der Waals surface area (Å²) in [7, 11) is 1.95. The van der Waals surface area contributed by atoms with Crippen LogP contribution >= 0.6 is 0 Å². The Balaban J connectivity index is 2.03. The number of carbonyl (C=O) groups excluding carboxylic acids is 1. The summed E-state index contributed by atoms with van der Waals surface area (Å²) in [5, 5.41) is 6.05. The highest BCUT2D eigenvalue weighted by molar-refractivity contribution is 5.94.